The largest absolute Gasteiger partial charge is 0.496 e. The first-order chi connectivity index (χ1) is 13.4. The van der Waals surface area contributed by atoms with E-state index in [1.807, 2.05) is 0 Å². The van der Waals surface area contributed by atoms with Crippen LogP contribution in [0.1, 0.15) is 43.6 Å². The Morgan fingerprint density at radius 1 is 0.893 bits per heavy atom. The lowest BCUT2D eigenvalue weighted by Gasteiger charge is -2.21. The van der Waals surface area contributed by atoms with Crippen LogP contribution < -0.4 is 9.47 Å². The molecule has 0 spiro atoms. The van der Waals surface area contributed by atoms with Gasteiger partial charge in [0, 0.05) is 5.56 Å². The van der Waals surface area contributed by atoms with Crippen molar-refractivity contribution in [2.75, 3.05) is 40.6 Å². The summed E-state index contributed by atoms with van der Waals surface area (Å²) in [6, 6.07) is 3.16. The molecule has 0 saturated carbocycles. The van der Waals surface area contributed by atoms with Gasteiger partial charge in [0.25, 0.3) is 0 Å². The van der Waals surface area contributed by atoms with E-state index in [1.165, 1.54) is 14.2 Å². The zero-order valence-corrected chi connectivity index (χ0v) is 19.1. The number of benzene rings is 1. The van der Waals surface area contributed by atoms with Gasteiger partial charge in [0.1, 0.15) is 11.5 Å². The van der Waals surface area contributed by atoms with E-state index in [0.29, 0.717) is 30.3 Å². The molecule has 10 heteroatoms. The van der Waals surface area contributed by atoms with E-state index in [-0.39, 0.29) is 30.5 Å². The molecule has 0 aromatic heterocycles. The lowest BCUT2D eigenvalue weighted by Crippen LogP contribution is -2.08. The molecule has 0 aliphatic heterocycles. The summed E-state index contributed by atoms with van der Waals surface area (Å²) in [6.45, 7) is 8.27. The summed E-state index contributed by atoms with van der Waals surface area (Å²) in [7, 11) is -2.19. The van der Waals surface area contributed by atoms with Crippen LogP contribution in [0.25, 0.3) is 0 Å². The number of hydrogen-bond acceptors (Lipinski definition) is 8. The fraction of sp³-hybridized carbons (Fsp3) is 0.611. The van der Waals surface area contributed by atoms with Gasteiger partial charge in [0.15, 0.2) is 0 Å². The van der Waals surface area contributed by atoms with Crippen molar-refractivity contribution in [3.8, 4) is 11.5 Å². The van der Waals surface area contributed by atoms with E-state index in [1.54, 1.807) is 39.8 Å². The molecule has 0 saturated heterocycles. The average molecular weight is 436 g/mol. The van der Waals surface area contributed by atoms with Crippen LogP contribution in [-0.4, -0.2) is 46.2 Å². The molecule has 0 bridgehead atoms. The van der Waals surface area contributed by atoms with Crippen molar-refractivity contribution >= 4 is 21.5 Å². The first-order valence-corrected chi connectivity index (χ1v) is 12.0. The first kappa shape index (κ1) is 25.0. The zero-order valence-electron chi connectivity index (χ0n) is 17.4. The quantitative estimate of drug-likeness (QED) is 0.377. The van der Waals surface area contributed by atoms with Crippen LogP contribution in [0.5, 0.6) is 11.5 Å². The van der Waals surface area contributed by atoms with Gasteiger partial charge >= 0.3 is 7.60 Å². The molecule has 1 aromatic rings. The van der Waals surface area contributed by atoms with Crippen LogP contribution >= 0.6 is 16.0 Å². The number of ether oxygens (including phenoxy) is 2. The van der Waals surface area contributed by atoms with Gasteiger partial charge in [-0.3, -0.25) is 9.36 Å². The normalized spacial score (nSPS) is 11.7. The number of carbonyl (C=O) groups is 1. The van der Waals surface area contributed by atoms with Gasteiger partial charge in [-0.05, 0) is 39.8 Å². The predicted molar refractivity (Wildman–Crippen MR) is 109 cm³/mol. The average Bonchev–Trinajstić information content (AvgIpc) is 2.67. The molecule has 0 aliphatic carbocycles. The van der Waals surface area contributed by atoms with Gasteiger partial charge in [-0.25, -0.2) is 0 Å². The second-order valence-electron chi connectivity index (χ2n) is 5.37. The van der Waals surface area contributed by atoms with Gasteiger partial charge < -0.3 is 27.6 Å². The lowest BCUT2D eigenvalue weighted by atomic mass is 10.1. The molecule has 0 atom stereocenters. The van der Waals surface area contributed by atoms with E-state index in [2.05, 4.69) is 0 Å². The van der Waals surface area contributed by atoms with Gasteiger partial charge in [-0.1, -0.05) is 0 Å². The molecule has 1 aromatic carbocycles. The van der Waals surface area contributed by atoms with Gasteiger partial charge in [-0.2, -0.15) is 0 Å². The third-order valence-electron chi connectivity index (χ3n) is 3.51. The van der Waals surface area contributed by atoms with Gasteiger partial charge in [-0.15, -0.1) is 0 Å². The maximum Gasteiger partial charge on any atom is 0.335 e. The maximum atomic E-state index is 12.9. The fourth-order valence-electron chi connectivity index (χ4n) is 2.47. The van der Waals surface area contributed by atoms with Crippen molar-refractivity contribution in [1.29, 1.82) is 0 Å². The summed E-state index contributed by atoms with van der Waals surface area (Å²) < 4.78 is 45.4. The molecule has 0 aliphatic rings. The molecule has 0 unspecified atom stereocenters. The highest BCUT2D eigenvalue weighted by Gasteiger charge is 2.30. The Hall–Kier alpha value is -1.01. The summed E-state index contributed by atoms with van der Waals surface area (Å²) in [6.07, 6.45) is -0.00559. The molecular formula is C18H30O8P2. The van der Waals surface area contributed by atoms with Gasteiger partial charge in [0.2, 0.25) is 13.9 Å². The molecule has 1 rings (SSSR count). The van der Waals surface area contributed by atoms with E-state index in [0.717, 1.165) is 0 Å². The van der Waals surface area contributed by atoms with Crippen molar-refractivity contribution in [3.63, 3.8) is 0 Å². The molecule has 8 nitrogen and oxygen atoms in total. The van der Waals surface area contributed by atoms with E-state index < -0.39 is 16.0 Å². The van der Waals surface area contributed by atoms with Crippen molar-refractivity contribution in [3.05, 3.63) is 23.3 Å². The SMILES string of the molecule is CCOP(OCC)C(=O)c1cc(OC)c(CP(=O)(OCC)OCC)cc1OC. The first-order valence-electron chi connectivity index (χ1n) is 9.12. The van der Waals surface area contributed by atoms with E-state index >= 15 is 0 Å². The van der Waals surface area contributed by atoms with Crippen LogP contribution in [0, 0.1) is 0 Å². The standard InChI is InChI=1S/C18H30O8P2/c1-7-23-27(24-8-2)18(19)15-12-16(21-5)14(11-17(15)22-6)13-28(20,25-9-3)26-10-4/h11-12H,7-10,13H2,1-6H3. The minimum absolute atomic E-state index is 0.00559. The lowest BCUT2D eigenvalue weighted by molar-refractivity contribution is 0.103. The number of hydrogen-bond donors (Lipinski definition) is 0. The monoisotopic (exact) mass is 436 g/mol. The van der Waals surface area contributed by atoms with E-state index in [9.17, 15) is 9.36 Å². The molecule has 160 valence electrons. The molecular weight excluding hydrogens is 406 g/mol. The van der Waals surface area contributed by atoms with Crippen LogP contribution in [0.2, 0.25) is 0 Å². The molecule has 0 heterocycles. The van der Waals surface area contributed by atoms with Crippen LogP contribution in [0.3, 0.4) is 0 Å². The third kappa shape index (κ3) is 6.80. The topological polar surface area (TPSA) is 89.5 Å². The van der Waals surface area contributed by atoms with E-state index in [4.69, 9.17) is 27.6 Å². The number of rotatable bonds is 14. The smallest absolute Gasteiger partial charge is 0.335 e. The Kier molecular flexibility index (Phi) is 11.2. The van der Waals surface area contributed by atoms with Gasteiger partial charge in [0.05, 0.1) is 52.4 Å². The highest BCUT2D eigenvalue weighted by molar-refractivity contribution is 7.67. The minimum atomic E-state index is -3.36. The highest BCUT2D eigenvalue weighted by atomic mass is 31.2. The molecule has 0 radical (unpaired) electrons. The summed E-state index contributed by atoms with van der Waals surface area (Å²) in [5.41, 5.74) is 0.509. The second kappa shape index (κ2) is 12.5. The second-order valence-corrected chi connectivity index (χ2v) is 8.86. The summed E-state index contributed by atoms with van der Waals surface area (Å²) in [5.74, 6) is 0.694. The Balaban J connectivity index is 3.34. The Labute approximate surface area is 168 Å². The Morgan fingerprint density at radius 3 is 1.86 bits per heavy atom. The molecule has 0 fully saturated rings. The Morgan fingerprint density at radius 2 is 1.43 bits per heavy atom. The van der Waals surface area contributed by atoms with Crippen molar-refractivity contribution in [2.45, 2.75) is 33.9 Å². The summed E-state index contributed by atoms with van der Waals surface area (Å²) >= 11 is 0. The summed E-state index contributed by atoms with van der Waals surface area (Å²) in [4.78, 5) is 12.9. The number of carbonyl (C=O) groups excluding carboxylic acids is 1. The van der Waals surface area contributed by atoms with Crippen LogP contribution in [-0.2, 0) is 28.8 Å². The zero-order chi connectivity index (χ0) is 21.2. The summed E-state index contributed by atoms with van der Waals surface area (Å²) in [5, 5.41) is 0. The maximum absolute atomic E-state index is 12.9. The molecule has 0 amide bonds. The third-order valence-corrected chi connectivity index (χ3v) is 7.10. The van der Waals surface area contributed by atoms with Crippen LogP contribution in [0.4, 0.5) is 0 Å². The van der Waals surface area contributed by atoms with Crippen molar-refractivity contribution in [2.24, 2.45) is 0 Å². The van der Waals surface area contributed by atoms with Crippen molar-refractivity contribution < 1.29 is 36.9 Å². The molecule has 28 heavy (non-hydrogen) atoms. The van der Waals surface area contributed by atoms with Crippen molar-refractivity contribution in [1.82, 2.24) is 0 Å². The predicted octanol–water partition coefficient (Wildman–Crippen LogP) is 5.00. The fourth-order valence-corrected chi connectivity index (χ4v) is 5.33. The Bertz CT molecular complexity index is 664. The minimum Gasteiger partial charge on any atom is -0.496 e. The van der Waals surface area contributed by atoms with Crippen LogP contribution in [0.15, 0.2) is 12.1 Å². The highest BCUT2D eigenvalue weighted by Crippen LogP contribution is 2.53. The number of methoxy groups -OCH3 is 2. The molecule has 0 N–H and O–H groups in total.